The number of nitrogens with zero attached hydrogens (tertiary/aromatic N) is 2. The number of methoxy groups -OCH3 is 1. The van der Waals surface area contributed by atoms with E-state index in [1.165, 1.54) is 17.9 Å². The van der Waals surface area contributed by atoms with Crippen LogP contribution in [-0.2, 0) is 20.8 Å². The maximum Gasteiger partial charge on any atom is 0.420 e. The van der Waals surface area contributed by atoms with Crippen LogP contribution in [0.4, 0.5) is 4.79 Å². The fourth-order valence-electron chi connectivity index (χ4n) is 4.44. The van der Waals surface area contributed by atoms with Crippen LogP contribution in [0, 0.1) is 5.41 Å². The molecule has 0 saturated heterocycles. The average molecular weight is 487 g/mol. The monoisotopic (exact) mass is 486 g/mol. The minimum atomic E-state index is -0.717. The summed E-state index contributed by atoms with van der Waals surface area (Å²) in [4.78, 5) is 43.0. The van der Waals surface area contributed by atoms with Gasteiger partial charge in [-0.1, -0.05) is 33.6 Å². The first-order valence-corrected chi connectivity index (χ1v) is 12.2. The van der Waals surface area contributed by atoms with E-state index >= 15 is 0 Å². The van der Waals surface area contributed by atoms with Gasteiger partial charge in [0.1, 0.15) is 5.60 Å². The smallest absolute Gasteiger partial charge is 0.420 e. The first kappa shape index (κ1) is 26.7. The van der Waals surface area contributed by atoms with Crippen LogP contribution in [0.1, 0.15) is 83.1 Å². The molecule has 2 N–H and O–H groups in total. The van der Waals surface area contributed by atoms with Crippen LogP contribution in [0.3, 0.4) is 0 Å². The van der Waals surface area contributed by atoms with E-state index < -0.39 is 23.7 Å². The Hall–Kier alpha value is -2.94. The maximum atomic E-state index is 13.2. The standard InChI is InChI=1S/C26H38N4O5/c1-25(2,3)20(22(31)29-17-10-8-9-11-17)28-14-16-12-13-27-21-19(16)18(23(32)34-7)15-30(21)24(33)35-26(4,5)6/h12-13,15,17,20,28H,8-11,14H2,1-7H3,(H,29,31). The SMILES string of the molecule is COC(=O)c1cn(C(=O)OC(C)(C)C)c2nccc(CNC(C(=O)NC3CCCC3)C(C)(C)C)c12. The lowest BCUT2D eigenvalue weighted by Crippen LogP contribution is -2.53. The Labute approximate surface area is 206 Å². The molecule has 1 fully saturated rings. The Balaban J connectivity index is 1.94. The van der Waals surface area contributed by atoms with Crippen LogP contribution < -0.4 is 10.6 Å². The van der Waals surface area contributed by atoms with E-state index in [1.54, 1.807) is 33.0 Å². The molecule has 1 aliphatic rings. The number of pyridine rings is 1. The van der Waals surface area contributed by atoms with E-state index in [0.717, 1.165) is 31.2 Å². The van der Waals surface area contributed by atoms with Crippen molar-refractivity contribution in [3.05, 3.63) is 29.6 Å². The highest BCUT2D eigenvalue weighted by molar-refractivity contribution is 6.06. The first-order chi connectivity index (χ1) is 16.3. The van der Waals surface area contributed by atoms with Crippen molar-refractivity contribution in [2.45, 2.75) is 91.5 Å². The van der Waals surface area contributed by atoms with Gasteiger partial charge < -0.3 is 20.1 Å². The third-order valence-electron chi connectivity index (χ3n) is 6.09. The van der Waals surface area contributed by atoms with Gasteiger partial charge >= 0.3 is 12.1 Å². The Bertz CT molecular complexity index is 1090. The molecule has 1 aliphatic carbocycles. The Morgan fingerprint density at radius 3 is 2.37 bits per heavy atom. The highest BCUT2D eigenvalue weighted by atomic mass is 16.6. The predicted octanol–water partition coefficient (Wildman–Crippen LogP) is 4.17. The number of rotatable bonds is 6. The van der Waals surface area contributed by atoms with Crippen molar-refractivity contribution in [2.24, 2.45) is 5.41 Å². The van der Waals surface area contributed by atoms with Crippen LogP contribution in [0.25, 0.3) is 11.0 Å². The molecule has 35 heavy (non-hydrogen) atoms. The molecule has 1 amide bonds. The Morgan fingerprint density at radius 2 is 1.80 bits per heavy atom. The van der Waals surface area contributed by atoms with Gasteiger partial charge in [-0.05, 0) is 50.7 Å². The second kappa shape index (κ2) is 10.4. The summed E-state index contributed by atoms with van der Waals surface area (Å²) in [6.45, 7) is 11.6. The van der Waals surface area contributed by atoms with Crippen LogP contribution in [0.15, 0.2) is 18.5 Å². The molecule has 2 aromatic heterocycles. The lowest BCUT2D eigenvalue weighted by Gasteiger charge is -2.31. The van der Waals surface area contributed by atoms with Crippen molar-refractivity contribution in [1.29, 1.82) is 0 Å². The summed E-state index contributed by atoms with van der Waals surface area (Å²) in [5, 5.41) is 7.06. The molecule has 2 aromatic rings. The van der Waals surface area contributed by atoms with Crippen molar-refractivity contribution in [1.82, 2.24) is 20.2 Å². The normalized spacial score (nSPS) is 15.7. The van der Waals surface area contributed by atoms with E-state index in [1.807, 2.05) is 20.8 Å². The van der Waals surface area contributed by atoms with Crippen LogP contribution in [0.2, 0.25) is 0 Å². The Morgan fingerprint density at radius 1 is 1.14 bits per heavy atom. The molecule has 2 heterocycles. The number of esters is 1. The minimum absolute atomic E-state index is 0.0331. The number of ether oxygens (including phenoxy) is 2. The summed E-state index contributed by atoms with van der Waals surface area (Å²) >= 11 is 0. The van der Waals surface area contributed by atoms with Gasteiger partial charge in [0.05, 0.1) is 18.7 Å². The van der Waals surface area contributed by atoms with Gasteiger partial charge in [0.2, 0.25) is 5.91 Å². The molecule has 1 atom stereocenters. The molecule has 1 saturated carbocycles. The molecule has 192 valence electrons. The summed E-state index contributed by atoms with van der Waals surface area (Å²) in [5.74, 6) is -0.618. The van der Waals surface area contributed by atoms with E-state index in [2.05, 4.69) is 15.6 Å². The molecule has 0 spiro atoms. The summed E-state index contributed by atoms with van der Waals surface area (Å²) in [6.07, 6.45) is 6.62. The summed E-state index contributed by atoms with van der Waals surface area (Å²) in [5.41, 5.74) is 0.163. The predicted molar refractivity (Wildman–Crippen MR) is 133 cm³/mol. The molecule has 3 rings (SSSR count). The highest BCUT2D eigenvalue weighted by Crippen LogP contribution is 2.27. The molecule has 1 unspecified atom stereocenters. The van der Waals surface area contributed by atoms with Crippen molar-refractivity contribution in [2.75, 3.05) is 7.11 Å². The van der Waals surface area contributed by atoms with Crippen molar-refractivity contribution in [3.8, 4) is 0 Å². The van der Waals surface area contributed by atoms with E-state index in [-0.39, 0.29) is 22.9 Å². The maximum absolute atomic E-state index is 13.2. The zero-order chi connectivity index (χ0) is 26.0. The van der Waals surface area contributed by atoms with Gasteiger partial charge in [-0.2, -0.15) is 0 Å². The van der Waals surface area contributed by atoms with E-state index in [4.69, 9.17) is 9.47 Å². The average Bonchev–Trinajstić information content (AvgIpc) is 3.39. The molecular formula is C26H38N4O5. The molecule has 0 radical (unpaired) electrons. The van der Waals surface area contributed by atoms with Gasteiger partial charge in [0.25, 0.3) is 0 Å². The van der Waals surface area contributed by atoms with Gasteiger partial charge in [-0.3, -0.25) is 4.79 Å². The number of carbonyl (C=O) groups is 3. The minimum Gasteiger partial charge on any atom is -0.465 e. The van der Waals surface area contributed by atoms with Gasteiger partial charge in [-0.25, -0.2) is 19.1 Å². The lowest BCUT2D eigenvalue weighted by molar-refractivity contribution is -0.126. The van der Waals surface area contributed by atoms with E-state index in [0.29, 0.717) is 17.6 Å². The zero-order valence-corrected chi connectivity index (χ0v) is 21.9. The number of nitrogens with one attached hydrogen (secondary N) is 2. The van der Waals surface area contributed by atoms with Crippen LogP contribution >= 0.6 is 0 Å². The van der Waals surface area contributed by atoms with Crippen LogP contribution in [-0.4, -0.2) is 52.3 Å². The second-order valence-electron chi connectivity index (χ2n) is 11.2. The first-order valence-electron chi connectivity index (χ1n) is 12.2. The number of aromatic nitrogens is 2. The number of fused-ring (bicyclic) bond motifs is 1. The number of amides is 1. The molecule has 0 bridgehead atoms. The lowest BCUT2D eigenvalue weighted by atomic mass is 9.85. The summed E-state index contributed by atoms with van der Waals surface area (Å²) in [7, 11) is 1.29. The molecular weight excluding hydrogens is 448 g/mol. The van der Waals surface area contributed by atoms with E-state index in [9.17, 15) is 14.4 Å². The van der Waals surface area contributed by atoms with Gasteiger partial charge in [0.15, 0.2) is 5.65 Å². The van der Waals surface area contributed by atoms with Crippen molar-refractivity contribution < 1.29 is 23.9 Å². The molecule has 0 aromatic carbocycles. The zero-order valence-electron chi connectivity index (χ0n) is 21.9. The number of hydrogen-bond donors (Lipinski definition) is 2. The fraction of sp³-hybridized carbons (Fsp3) is 0.615. The number of hydrogen-bond acceptors (Lipinski definition) is 7. The topological polar surface area (TPSA) is 112 Å². The second-order valence-corrected chi connectivity index (χ2v) is 11.2. The van der Waals surface area contributed by atoms with Gasteiger partial charge in [0, 0.05) is 30.4 Å². The fourth-order valence-corrected chi connectivity index (χ4v) is 4.44. The Kier molecular flexibility index (Phi) is 7.89. The molecule has 0 aliphatic heterocycles. The quantitative estimate of drug-likeness (QED) is 0.590. The molecule has 9 heteroatoms. The summed E-state index contributed by atoms with van der Waals surface area (Å²) in [6, 6.07) is 1.53. The third-order valence-corrected chi connectivity index (χ3v) is 6.09. The van der Waals surface area contributed by atoms with Crippen molar-refractivity contribution in [3.63, 3.8) is 0 Å². The third kappa shape index (κ3) is 6.39. The van der Waals surface area contributed by atoms with Crippen LogP contribution in [0.5, 0.6) is 0 Å². The summed E-state index contributed by atoms with van der Waals surface area (Å²) < 4.78 is 11.7. The molecule has 9 nitrogen and oxygen atoms in total. The van der Waals surface area contributed by atoms with Crippen molar-refractivity contribution >= 4 is 29.0 Å². The van der Waals surface area contributed by atoms with Gasteiger partial charge in [-0.15, -0.1) is 0 Å². The highest BCUT2D eigenvalue weighted by Gasteiger charge is 2.33. The largest absolute Gasteiger partial charge is 0.465 e. The number of carbonyl (C=O) groups excluding carboxylic acids is 3.